The summed E-state index contributed by atoms with van der Waals surface area (Å²) in [5.41, 5.74) is 8.47. The fraction of sp³-hybridized carbons (Fsp3) is 0.0435. The van der Waals surface area contributed by atoms with E-state index in [0.717, 1.165) is 22.3 Å². The van der Waals surface area contributed by atoms with Crippen LogP contribution in [-0.4, -0.2) is 36.0 Å². The van der Waals surface area contributed by atoms with Crippen molar-refractivity contribution in [2.45, 2.75) is 0 Å². The van der Waals surface area contributed by atoms with Crippen molar-refractivity contribution >= 4 is 45.0 Å². The third-order valence-corrected chi connectivity index (χ3v) is 9.27. The molecule has 8 rings (SSSR count). The minimum absolute atomic E-state index is 0.268. The molecule has 2 amide bonds. The quantitative estimate of drug-likeness (QED) is 0.155. The monoisotopic (exact) mass is 706 g/mol. The Morgan fingerprint density at radius 3 is 1.20 bits per heavy atom. The number of benzene rings is 6. The molecular weight excluding hydrogens is 673 g/mol. The number of rotatable bonds is 9. The van der Waals surface area contributed by atoms with Crippen molar-refractivity contribution in [2.75, 3.05) is 24.9 Å². The van der Waals surface area contributed by atoms with Crippen molar-refractivity contribution in [3.63, 3.8) is 0 Å². The van der Waals surface area contributed by atoms with Gasteiger partial charge in [0.2, 0.25) is 0 Å². The number of pyridine rings is 2. The summed E-state index contributed by atoms with van der Waals surface area (Å²) in [6.45, 7) is 0. The third kappa shape index (κ3) is 6.96. The molecular formula is C46H34N4O4. The highest BCUT2D eigenvalue weighted by molar-refractivity contribution is 6.15. The van der Waals surface area contributed by atoms with Crippen molar-refractivity contribution in [1.82, 2.24) is 9.97 Å². The zero-order chi connectivity index (χ0) is 37.0. The van der Waals surface area contributed by atoms with Crippen LogP contribution < -0.4 is 20.1 Å². The number of methoxy groups -OCH3 is 2. The van der Waals surface area contributed by atoms with Gasteiger partial charge < -0.3 is 20.1 Å². The number of amides is 2. The van der Waals surface area contributed by atoms with Crippen molar-refractivity contribution in [1.29, 1.82) is 0 Å². The molecule has 262 valence electrons. The Hall–Kier alpha value is -7.32. The van der Waals surface area contributed by atoms with Crippen LogP contribution in [0.4, 0.5) is 11.4 Å². The Bertz CT molecular complexity index is 2460. The lowest BCUT2D eigenvalue weighted by Gasteiger charge is -2.14. The molecule has 2 heterocycles. The summed E-state index contributed by atoms with van der Waals surface area (Å²) in [5, 5.41) is 7.47. The molecule has 0 saturated heterocycles. The first kappa shape index (κ1) is 33.8. The number of fused-ring (bicyclic) bond motifs is 2. The predicted molar refractivity (Wildman–Crippen MR) is 215 cm³/mol. The largest absolute Gasteiger partial charge is 0.497 e. The Balaban J connectivity index is 1.23. The maximum absolute atomic E-state index is 14.0. The normalized spacial score (nSPS) is 10.9. The fourth-order valence-electron chi connectivity index (χ4n) is 6.45. The summed E-state index contributed by atoms with van der Waals surface area (Å²) in [6.07, 6.45) is 0. The molecule has 0 aliphatic heterocycles. The van der Waals surface area contributed by atoms with Gasteiger partial charge in [-0.2, -0.15) is 0 Å². The van der Waals surface area contributed by atoms with Crippen LogP contribution in [0.5, 0.6) is 11.5 Å². The topological polar surface area (TPSA) is 102 Å². The van der Waals surface area contributed by atoms with Gasteiger partial charge in [-0.3, -0.25) is 9.59 Å². The molecule has 0 aliphatic rings. The number of anilines is 2. The van der Waals surface area contributed by atoms with E-state index in [0.29, 0.717) is 67.2 Å². The summed E-state index contributed by atoms with van der Waals surface area (Å²) < 4.78 is 10.6. The Morgan fingerprint density at radius 1 is 0.444 bits per heavy atom. The maximum atomic E-state index is 14.0. The van der Waals surface area contributed by atoms with E-state index in [4.69, 9.17) is 19.4 Å². The molecule has 2 N–H and O–H groups in total. The van der Waals surface area contributed by atoms with Gasteiger partial charge in [0.15, 0.2) is 0 Å². The van der Waals surface area contributed by atoms with E-state index < -0.39 is 0 Å². The molecule has 8 aromatic rings. The van der Waals surface area contributed by atoms with Gasteiger partial charge in [0.1, 0.15) is 11.5 Å². The summed E-state index contributed by atoms with van der Waals surface area (Å²) in [5.74, 6) is 0.856. The van der Waals surface area contributed by atoms with E-state index >= 15 is 0 Å². The zero-order valence-electron chi connectivity index (χ0n) is 29.5. The second-order valence-electron chi connectivity index (χ2n) is 12.7. The van der Waals surface area contributed by atoms with E-state index in [-0.39, 0.29) is 11.8 Å². The average Bonchev–Trinajstić information content (AvgIpc) is 3.23. The summed E-state index contributed by atoms with van der Waals surface area (Å²) in [4.78, 5) is 38.0. The Morgan fingerprint density at radius 2 is 0.833 bits per heavy atom. The molecule has 0 unspecified atom stereocenters. The van der Waals surface area contributed by atoms with Gasteiger partial charge in [0.05, 0.1) is 47.8 Å². The first-order valence-corrected chi connectivity index (χ1v) is 17.4. The number of hydrogen-bond acceptors (Lipinski definition) is 6. The molecule has 8 nitrogen and oxygen atoms in total. The van der Waals surface area contributed by atoms with Gasteiger partial charge in [-0.25, -0.2) is 9.97 Å². The summed E-state index contributed by atoms with van der Waals surface area (Å²) in [7, 11) is 3.21. The lowest BCUT2D eigenvalue weighted by Crippen LogP contribution is -2.13. The Labute approximate surface area is 312 Å². The smallest absolute Gasteiger partial charge is 0.256 e. The SMILES string of the molecule is COc1ccc(NC(=O)c2cc(-c3ccccc3)nc3ccc(-c4ccc5nc(-c6ccccc6)cc(C(=O)Nc6ccc(OC)cc6)c5c4)cc23)cc1. The summed E-state index contributed by atoms with van der Waals surface area (Å²) in [6, 6.07) is 49.5. The number of nitrogens with one attached hydrogen (secondary N) is 2. The molecule has 8 heteroatoms. The van der Waals surface area contributed by atoms with Crippen LogP contribution in [0, 0.1) is 0 Å². The van der Waals surface area contributed by atoms with Gasteiger partial charge in [-0.05, 0) is 96.1 Å². The minimum Gasteiger partial charge on any atom is -0.497 e. The molecule has 0 radical (unpaired) electrons. The molecule has 0 fully saturated rings. The highest BCUT2D eigenvalue weighted by Crippen LogP contribution is 2.33. The number of hydrogen-bond donors (Lipinski definition) is 2. The van der Waals surface area contributed by atoms with E-state index in [1.54, 1.807) is 62.8 Å². The van der Waals surface area contributed by atoms with Gasteiger partial charge in [-0.1, -0.05) is 72.8 Å². The van der Waals surface area contributed by atoms with E-state index in [1.807, 2.05) is 109 Å². The predicted octanol–water partition coefficient (Wildman–Crippen LogP) is 10.3. The Kier molecular flexibility index (Phi) is 9.22. The first-order chi connectivity index (χ1) is 26.4. The van der Waals surface area contributed by atoms with Crippen molar-refractivity contribution in [3.8, 4) is 45.1 Å². The molecule has 0 aliphatic carbocycles. The molecule has 0 atom stereocenters. The van der Waals surface area contributed by atoms with Crippen molar-refractivity contribution in [3.05, 3.63) is 169 Å². The minimum atomic E-state index is -0.268. The van der Waals surface area contributed by atoms with Gasteiger partial charge >= 0.3 is 0 Å². The first-order valence-electron chi connectivity index (χ1n) is 17.4. The lowest BCUT2D eigenvalue weighted by molar-refractivity contribution is 0.102. The van der Waals surface area contributed by atoms with Crippen LogP contribution in [0.2, 0.25) is 0 Å². The van der Waals surface area contributed by atoms with Crippen molar-refractivity contribution in [2.24, 2.45) is 0 Å². The highest BCUT2D eigenvalue weighted by Gasteiger charge is 2.18. The van der Waals surface area contributed by atoms with Crippen LogP contribution in [-0.2, 0) is 0 Å². The van der Waals surface area contributed by atoms with E-state index in [1.165, 1.54) is 0 Å². The number of nitrogens with zero attached hydrogens (tertiary/aromatic N) is 2. The van der Waals surface area contributed by atoms with E-state index in [2.05, 4.69) is 10.6 Å². The highest BCUT2D eigenvalue weighted by atomic mass is 16.5. The van der Waals surface area contributed by atoms with Gasteiger partial charge in [0, 0.05) is 33.3 Å². The number of carbonyl (C=O) groups is 2. The van der Waals surface area contributed by atoms with E-state index in [9.17, 15) is 9.59 Å². The second-order valence-corrected chi connectivity index (χ2v) is 12.7. The van der Waals surface area contributed by atoms with Gasteiger partial charge in [0.25, 0.3) is 11.8 Å². The molecule has 6 aromatic carbocycles. The zero-order valence-corrected chi connectivity index (χ0v) is 29.5. The van der Waals surface area contributed by atoms with Crippen LogP contribution in [0.3, 0.4) is 0 Å². The molecule has 0 spiro atoms. The molecule has 0 saturated carbocycles. The molecule has 54 heavy (non-hydrogen) atoms. The second kappa shape index (κ2) is 14.7. The van der Waals surface area contributed by atoms with Crippen LogP contribution in [0.25, 0.3) is 55.4 Å². The van der Waals surface area contributed by atoms with Crippen LogP contribution in [0.15, 0.2) is 158 Å². The van der Waals surface area contributed by atoms with Gasteiger partial charge in [-0.15, -0.1) is 0 Å². The molecule has 2 aromatic heterocycles. The standard InChI is InChI=1S/C46H34N4O4/c1-53-35-19-15-33(16-20-35)47-45(51)39-27-43(29-9-5-3-6-10-29)49-41-23-13-31(25-37(39)41)32-14-24-42-38(26-32)40(28-44(50-42)30-11-7-4-8-12-30)46(52)48-34-17-21-36(54-2)22-18-34/h3-28H,1-2H3,(H,47,51)(H,48,52). The number of ether oxygens (including phenoxy) is 2. The maximum Gasteiger partial charge on any atom is 0.256 e. The molecule has 0 bridgehead atoms. The number of aromatic nitrogens is 2. The third-order valence-electron chi connectivity index (χ3n) is 9.27. The summed E-state index contributed by atoms with van der Waals surface area (Å²) >= 11 is 0. The fourth-order valence-corrected chi connectivity index (χ4v) is 6.45. The number of carbonyl (C=O) groups excluding carboxylic acids is 2. The van der Waals surface area contributed by atoms with Crippen molar-refractivity contribution < 1.29 is 19.1 Å². The van der Waals surface area contributed by atoms with Crippen LogP contribution >= 0.6 is 0 Å². The lowest BCUT2D eigenvalue weighted by atomic mass is 9.96. The van der Waals surface area contributed by atoms with Crippen LogP contribution in [0.1, 0.15) is 20.7 Å². The average molecular weight is 707 g/mol.